The molecule has 1 heterocycles. The predicted octanol–water partition coefficient (Wildman–Crippen LogP) is 2.90. The second-order valence-electron chi connectivity index (χ2n) is 5.97. The molecular formula is C16H23ClN2O3. The van der Waals surface area contributed by atoms with Gasteiger partial charge in [0.2, 0.25) is 0 Å². The van der Waals surface area contributed by atoms with E-state index in [-0.39, 0.29) is 12.4 Å². The lowest BCUT2D eigenvalue weighted by atomic mass is 10.1. The van der Waals surface area contributed by atoms with Crippen LogP contribution in [0, 0.1) is 6.92 Å². The summed E-state index contributed by atoms with van der Waals surface area (Å²) in [7, 11) is 2.92. The number of rotatable bonds is 4. The van der Waals surface area contributed by atoms with Crippen molar-refractivity contribution in [2.45, 2.75) is 32.9 Å². The lowest BCUT2D eigenvalue weighted by Gasteiger charge is -2.21. The molecule has 0 unspecified atom stereocenters. The van der Waals surface area contributed by atoms with Crippen LogP contribution in [0.4, 0.5) is 0 Å². The highest BCUT2D eigenvalue weighted by molar-refractivity contribution is 6.02. The van der Waals surface area contributed by atoms with E-state index in [2.05, 4.69) is 0 Å². The van der Waals surface area contributed by atoms with Gasteiger partial charge in [0, 0.05) is 17.5 Å². The minimum atomic E-state index is -0.469. The Morgan fingerprint density at radius 3 is 2.45 bits per heavy atom. The van der Waals surface area contributed by atoms with Gasteiger partial charge >= 0.3 is 5.97 Å². The van der Waals surface area contributed by atoms with Crippen molar-refractivity contribution in [3.8, 4) is 5.75 Å². The van der Waals surface area contributed by atoms with E-state index in [1.54, 1.807) is 7.11 Å². The predicted molar refractivity (Wildman–Crippen MR) is 90.1 cm³/mol. The molecular weight excluding hydrogens is 304 g/mol. The largest absolute Gasteiger partial charge is 0.494 e. The molecule has 0 saturated heterocycles. The van der Waals surface area contributed by atoms with Gasteiger partial charge in [0.1, 0.15) is 0 Å². The number of ether oxygens (including phenoxy) is 2. The molecule has 6 heteroatoms. The molecule has 2 N–H and O–H groups in total. The van der Waals surface area contributed by atoms with Crippen molar-refractivity contribution in [3.63, 3.8) is 0 Å². The number of benzene rings is 1. The smallest absolute Gasteiger partial charge is 0.358 e. The first-order chi connectivity index (χ1) is 9.78. The monoisotopic (exact) mass is 326 g/mol. The lowest BCUT2D eigenvalue weighted by Crippen LogP contribution is -2.37. The van der Waals surface area contributed by atoms with Crippen LogP contribution in [0.1, 0.15) is 29.9 Å². The topological polar surface area (TPSA) is 66.5 Å². The Morgan fingerprint density at radius 1 is 1.32 bits per heavy atom. The van der Waals surface area contributed by atoms with E-state index in [0.717, 1.165) is 16.5 Å². The molecule has 0 amide bonds. The third-order valence-corrected chi connectivity index (χ3v) is 3.32. The van der Waals surface area contributed by atoms with Crippen LogP contribution in [0.15, 0.2) is 18.2 Å². The molecule has 0 saturated carbocycles. The average Bonchev–Trinajstić information content (AvgIpc) is 2.69. The SMILES string of the molecule is COC(=O)c1c(OC)c2ccc(C)cc2n1CC(C)(C)N.Cl. The first-order valence-electron chi connectivity index (χ1n) is 6.82. The number of nitrogens with two attached hydrogens (primary N) is 1. The maximum Gasteiger partial charge on any atom is 0.358 e. The second kappa shape index (κ2) is 6.58. The van der Waals surface area contributed by atoms with Gasteiger partial charge in [0.05, 0.1) is 19.7 Å². The van der Waals surface area contributed by atoms with Crippen LogP contribution in [0.5, 0.6) is 5.75 Å². The summed E-state index contributed by atoms with van der Waals surface area (Å²) >= 11 is 0. The number of carbonyl (C=O) groups is 1. The number of hydrogen-bond acceptors (Lipinski definition) is 4. The number of nitrogens with zero attached hydrogens (tertiary/aromatic N) is 1. The van der Waals surface area contributed by atoms with Gasteiger partial charge < -0.3 is 19.8 Å². The number of aryl methyl sites for hydroxylation is 1. The van der Waals surface area contributed by atoms with Crippen molar-refractivity contribution in [1.82, 2.24) is 4.57 Å². The molecule has 0 aliphatic heterocycles. The van der Waals surface area contributed by atoms with E-state index in [1.165, 1.54) is 7.11 Å². The summed E-state index contributed by atoms with van der Waals surface area (Å²) in [5, 5.41) is 0.882. The van der Waals surface area contributed by atoms with Gasteiger partial charge in [-0.2, -0.15) is 0 Å². The fourth-order valence-electron chi connectivity index (χ4n) is 2.51. The van der Waals surface area contributed by atoms with Gasteiger partial charge in [-0.25, -0.2) is 4.79 Å². The molecule has 22 heavy (non-hydrogen) atoms. The van der Waals surface area contributed by atoms with Crippen molar-refractivity contribution in [3.05, 3.63) is 29.5 Å². The molecule has 2 rings (SSSR count). The second-order valence-corrected chi connectivity index (χ2v) is 5.97. The van der Waals surface area contributed by atoms with Crippen LogP contribution < -0.4 is 10.5 Å². The summed E-state index contributed by atoms with van der Waals surface area (Å²) in [5.41, 5.74) is 8.11. The van der Waals surface area contributed by atoms with Crippen LogP contribution in [0.2, 0.25) is 0 Å². The zero-order chi connectivity index (χ0) is 15.8. The highest BCUT2D eigenvalue weighted by atomic mass is 35.5. The Labute approximate surface area is 136 Å². The van der Waals surface area contributed by atoms with Crippen LogP contribution in [-0.2, 0) is 11.3 Å². The van der Waals surface area contributed by atoms with Gasteiger partial charge in [-0.1, -0.05) is 6.07 Å². The van der Waals surface area contributed by atoms with Crippen LogP contribution in [-0.4, -0.2) is 30.3 Å². The standard InChI is InChI=1S/C16H22N2O3.ClH/c1-10-6-7-11-12(8-10)18(9-16(2,3)17)13(14(11)20-4)15(19)21-5;/h6-8H,9,17H2,1-5H3;1H. The van der Waals surface area contributed by atoms with Crippen molar-refractivity contribution in [2.24, 2.45) is 5.73 Å². The molecule has 0 aliphatic carbocycles. The lowest BCUT2D eigenvalue weighted by molar-refractivity contribution is 0.0584. The Hall–Kier alpha value is -1.72. The number of esters is 1. The average molecular weight is 327 g/mol. The number of aromatic nitrogens is 1. The van der Waals surface area contributed by atoms with Crippen molar-refractivity contribution >= 4 is 29.3 Å². The molecule has 0 aliphatic rings. The molecule has 2 aromatic rings. The summed E-state index contributed by atoms with van der Waals surface area (Å²) in [4.78, 5) is 12.2. The normalized spacial score (nSPS) is 11.2. The van der Waals surface area contributed by atoms with E-state index in [4.69, 9.17) is 15.2 Å². The molecule has 1 aromatic carbocycles. The summed E-state index contributed by atoms with van der Waals surface area (Å²) in [6.07, 6.45) is 0. The van der Waals surface area contributed by atoms with Crippen LogP contribution in [0.25, 0.3) is 10.9 Å². The molecule has 0 atom stereocenters. The molecule has 5 nitrogen and oxygen atoms in total. The maximum absolute atomic E-state index is 12.2. The van der Waals surface area contributed by atoms with Gasteiger partial charge in [0.15, 0.2) is 11.4 Å². The highest BCUT2D eigenvalue weighted by Gasteiger charge is 2.27. The molecule has 0 bridgehead atoms. The van der Waals surface area contributed by atoms with Crippen molar-refractivity contribution < 1.29 is 14.3 Å². The van der Waals surface area contributed by atoms with Crippen molar-refractivity contribution in [2.75, 3.05) is 14.2 Å². The quantitative estimate of drug-likeness (QED) is 0.877. The zero-order valence-corrected chi connectivity index (χ0v) is 14.4. The van der Waals surface area contributed by atoms with Gasteiger partial charge in [0.25, 0.3) is 0 Å². The number of fused-ring (bicyclic) bond motifs is 1. The number of methoxy groups -OCH3 is 2. The maximum atomic E-state index is 12.2. The van der Waals surface area contributed by atoms with Crippen LogP contribution in [0.3, 0.4) is 0 Å². The molecule has 0 radical (unpaired) electrons. The first-order valence-corrected chi connectivity index (χ1v) is 6.82. The fourth-order valence-corrected chi connectivity index (χ4v) is 2.51. The van der Waals surface area contributed by atoms with E-state index in [9.17, 15) is 4.79 Å². The highest BCUT2D eigenvalue weighted by Crippen LogP contribution is 2.35. The Morgan fingerprint density at radius 2 is 1.95 bits per heavy atom. The Balaban J connectivity index is 0.00000242. The van der Waals surface area contributed by atoms with E-state index in [1.807, 2.05) is 43.5 Å². The minimum Gasteiger partial charge on any atom is -0.494 e. The molecule has 122 valence electrons. The van der Waals surface area contributed by atoms with E-state index < -0.39 is 11.5 Å². The Bertz CT molecular complexity index is 687. The first kappa shape index (κ1) is 18.3. The Kier molecular flexibility index (Phi) is 5.49. The van der Waals surface area contributed by atoms with Gasteiger partial charge in [-0.15, -0.1) is 12.4 Å². The number of hydrogen-bond donors (Lipinski definition) is 1. The minimum absolute atomic E-state index is 0. The summed E-state index contributed by atoms with van der Waals surface area (Å²) < 4.78 is 12.2. The number of halogens is 1. The zero-order valence-electron chi connectivity index (χ0n) is 13.6. The third-order valence-electron chi connectivity index (χ3n) is 3.32. The van der Waals surface area contributed by atoms with Crippen molar-refractivity contribution in [1.29, 1.82) is 0 Å². The van der Waals surface area contributed by atoms with E-state index in [0.29, 0.717) is 18.0 Å². The third kappa shape index (κ3) is 3.36. The van der Waals surface area contributed by atoms with Crippen LogP contribution >= 0.6 is 12.4 Å². The summed E-state index contributed by atoms with van der Waals surface area (Å²) in [6, 6.07) is 5.97. The van der Waals surface area contributed by atoms with E-state index >= 15 is 0 Å². The molecule has 1 aromatic heterocycles. The number of carbonyl (C=O) groups excluding carboxylic acids is 1. The van der Waals surface area contributed by atoms with Gasteiger partial charge in [-0.3, -0.25) is 0 Å². The van der Waals surface area contributed by atoms with Gasteiger partial charge in [-0.05, 0) is 38.5 Å². The fraction of sp³-hybridized carbons (Fsp3) is 0.438. The summed E-state index contributed by atoms with van der Waals surface area (Å²) in [5.74, 6) is 0.103. The molecule has 0 fully saturated rings. The summed E-state index contributed by atoms with van der Waals surface area (Å²) in [6.45, 7) is 6.33. The molecule has 0 spiro atoms.